The highest BCUT2D eigenvalue weighted by Crippen LogP contribution is 2.17. The van der Waals surface area contributed by atoms with Crippen molar-refractivity contribution in [2.45, 2.75) is 11.3 Å². The van der Waals surface area contributed by atoms with E-state index in [4.69, 9.17) is 11.6 Å². The van der Waals surface area contributed by atoms with Gasteiger partial charge >= 0.3 is 0 Å². The highest BCUT2D eigenvalue weighted by atomic mass is 35.5. The van der Waals surface area contributed by atoms with Crippen LogP contribution in [0.2, 0.25) is 5.15 Å². The Morgan fingerprint density at radius 2 is 2.00 bits per heavy atom. The largest absolute Gasteiger partial charge is 0.352 e. The van der Waals surface area contributed by atoms with Crippen molar-refractivity contribution in [3.05, 3.63) is 59.4 Å². The quantitative estimate of drug-likeness (QED) is 0.503. The topological polar surface area (TPSA) is 42.0 Å². The first-order chi connectivity index (χ1) is 9.77. The zero-order valence-electron chi connectivity index (χ0n) is 10.9. The summed E-state index contributed by atoms with van der Waals surface area (Å²) in [7, 11) is 0. The zero-order chi connectivity index (χ0) is 14.2. The Kier molecular flexibility index (Phi) is 5.89. The molecular weight excluding hydrogens is 292 g/mol. The van der Waals surface area contributed by atoms with Crippen LogP contribution in [0.5, 0.6) is 0 Å². The molecule has 1 heterocycles. The first-order valence-corrected chi connectivity index (χ1v) is 7.70. The van der Waals surface area contributed by atoms with Crippen molar-refractivity contribution in [2.75, 3.05) is 12.3 Å². The number of thioether (sulfide) groups is 1. The summed E-state index contributed by atoms with van der Waals surface area (Å²) in [5.74, 6) is 0.790. The smallest absolute Gasteiger partial charge is 0.254 e. The monoisotopic (exact) mass is 306 g/mol. The van der Waals surface area contributed by atoms with Gasteiger partial charge in [0.15, 0.2) is 0 Å². The minimum Gasteiger partial charge on any atom is -0.352 e. The normalized spacial score (nSPS) is 10.2. The second-order valence-electron chi connectivity index (χ2n) is 4.11. The number of hydrogen-bond donors (Lipinski definition) is 1. The van der Waals surface area contributed by atoms with Gasteiger partial charge in [-0.2, -0.15) is 0 Å². The third kappa shape index (κ3) is 4.54. The van der Waals surface area contributed by atoms with Gasteiger partial charge in [0.2, 0.25) is 0 Å². The van der Waals surface area contributed by atoms with E-state index in [9.17, 15) is 4.79 Å². The van der Waals surface area contributed by atoms with Crippen molar-refractivity contribution >= 4 is 29.3 Å². The summed E-state index contributed by atoms with van der Waals surface area (Å²) in [4.78, 5) is 17.0. The van der Waals surface area contributed by atoms with Crippen molar-refractivity contribution in [2.24, 2.45) is 0 Å². The van der Waals surface area contributed by atoms with Gasteiger partial charge in [-0.3, -0.25) is 4.79 Å². The Bertz CT molecular complexity index is 563. The Balaban J connectivity index is 1.69. The van der Waals surface area contributed by atoms with Crippen molar-refractivity contribution in [1.82, 2.24) is 10.3 Å². The lowest BCUT2D eigenvalue weighted by atomic mass is 10.2. The second kappa shape index (κ2) is 7.92. The van der Waals surface area contributed by atoms with Gasteiger partial charge in [-0.25, -0.2) is 4.98 Å². The van der Waals surface area contributed by atoms with E-state index in [1.54, 1.807) is 30.1 Å². The molecule has 0 saturated carbocycles. The molecule has 0 aliphatic rings. The first-order valence-electron chi connectivity index (χ1n) is 6.34. The molecule has 2 aromatic rings. The number of amides is 1. The molecule has 0 saturated heterocycles. The average Bonchev–Trinajstić information content (AvgIpc) is 2.48. The molecular formula is C15H15ClN2OS. The Morgan fingerprint density at radius 1 is 1.20 bits per heavy atom. The van der Waals surface area contributed by atoms with Gasteiger partial charge in [0.05, 0.1) is 5.56 Å². The van der Waals surface area contributed by atoms with Crippen molar-refractivity contribution < 1.29 is 4.79 Å². The molecule has 0 radical (unpaired) electrons. The number of rotatable bonds is 6. The van der Waals surface area contributed by atoms with Crippen LogP contribution < -0.4 is 5.32 Å². The SMILES string of the molecule is O=C(NCCCSc1ccccc1)c1cccnc1Cl. The highest BCUT2D eigenvalue weighted by molar-refractivity contribution is 7.99. The van der Waals surface area contributed by atoms with Crippen LogP contribution in [0.15, 0.2) is 53.6 Å². The third-order valence-electron chi connectivity index (χ3n) is 2.62. The first kappa shape index (κ1) is 14.9. The molecule has 3 nitrogen and oxygen atoms in total. The van der Waals surface area contributed by atoms with Gasteiger partial charge in [-0.05, 0) is 36.4 Å². The molecule has 0 aliphatic carbocycles. The molecule has 1 amide bonds. The number of nitrogens with zero attached hydrogens (tertiary/aromatic N) is 1. The predicted molar refractivity (Wildman–Crippen MR) is 83.4 cm³/mol. The fourth-order valence-corrected chi connectivity index (χ4v) is 2.71. The molecule has 1 aromatic heterocycles. The highest BCUT2D eigenvalue weighted by Gasteiger charge is 2.09. The van der Waals surface area contributed by atoms with E-state index < -0.39 is 0 Å². The number of halogens is 1. The molecule has 0 atom stereocenters. The van der Waals surface area contributed by atoms with E-state index in [0.717, 1.165) is 12.2 Å². The summed E-state index contributed by atoms with van der Waals surface area (Å²) in [6.07, 6.45) is 2.47. The minimum atomic E-state index is -0.173. The van der Waals surface area contributed by atoms with Crippen LogP contribution >= 0.6 is 23.4 Å². The number of carbonyl (C=O) groups excluding carboxylic acids is 1. The van der Waals surface area contributed by atoms with E-state index in [2.05, 4.69) is 22.4 Å². The summed E-state index contributed by atoms with van der Waals surface area (Å²) >= 11 is 7.64. The maximum atomic E-state index is 11.9. The molecule has 5 heteroatoms. The molecule has 1 N–H and O–H groups in total. The number of pyridine rings is 1. The number of aromatic nitrogens is 1. The van der Waals surface area contributed by atoms with Gasteiger partial charge in [-0.15, -0.1) is 11.8 Å². The molecule has 20 heavy (non-hydrogen) atoms. The van der Waals surface area contributed by atoms with Crippen LogP contribution in [0.3, 0.4) is 0 Å². The molecule has 0 fully saturated rings. The maximum absolute atomic E-state index is 11.9. The van der Waals surface area contributed by atoms with Crippen LogP contribution in [0, 0.1) is 0 Å². The lowest BCUT2D eigenvalue weighted by molar-refractivity contribution is 0.0953. The Hall–Kier alpha value is -1.52. The van der Waals surface area contributed by atoms with Gasteiger partial charge in [0, 0.05) is 17.6 Å². The fourth-order valence-electron chi connectivity index (χ4n) is 1.63. The number of nitrogens with one attached hydrogen (secondary N) is 1. The van der Waals surface area contributed by atoms with E-state index in [1.165, 1.54) is 4.90 Å². The van der Waals surface area contributed by atoms with Crippen molar-refractivity contribution in [3.63, 3.8) is 0 Å². The van der Waals surface area contributed by atoms with Crippen molar-refractivity contribution in [1.29, 1.82) is 0 Å². The number of hydrogen-bond acceptors (Lipinski definition) is 3. The summed E-state index contributed by atoms with van der Waals surface area (Å²) in [5.41, 5.74) is 0.421. The van der Waals surface area contributed by atoms with E-state index in [-0.39, 0.29) is 11.1 Å². The van der Waals surface area contributed by atoms with Crippen LogP contribution in [-0.2, 0) is 0 Å². The van der Waals surface area contributed by atoms with Crippen molar-refractivity contribution in [3.8, 4) is 0 Å². The van der Waals surface area contributed by atoms with Gasteiger partial charge in [-0.1, -0.05) is 29.8 Å². The van der Waals surface area contributed by atoms with Crippen LogP contribution in [0.1, 0.15) is 16.8 Å². The molecule has 1 aromatic carbocycles. The summed E-state index contributed by atoms with van der Waals surface area (Å²) in [6.45, 7) is 0.629. The predicted octanol–water partition coefficient (Wildman–Crippen LogP) is 3.65. The molecule has 0 spiro atoms. The lowest BCUT2D eigenvalue weighted by Crippen LogP contribution is -2.25. The molecule has 2 rings (SSSR count). The van der Waals surface area contributed by atoms with E-state index in [0.29, 0.717) is 12.1 Å². The van der Waals surface area contributed by atoms with Crippen LogP contribution in [0.25, 0.3) is 0 Å². The van der Waals surface area contributed by atoms with Gasteiger partial charge in [0.25, 0.3) is 5.91 Å². The summed E-state index contributed by atoms with van der Waals surface area (Å²) in [6, 6.07) is 13.6. The standard InChI is InChI=1S/C15H15ClN2OS/c16-14-13(8-4-9-17-14)15(19)18-10-5-11-20-12-6-2-1-3-7-12/h1-4,6-9H,5,10-11H2,(H,18,19). The zero-order valence-corrected chi connectivity index (χ0v) is 12.5. The number of benzene rings is 1. The molecule has 0 unspecified atom stereocenters. The van der Waals surface area contributed by atoms with Gasteiger partial charge < -0.3 is 5.32 Å². The van der Waals surface area contributed by atoms with E-state index in [1.807, 2.05) is 18.2 Å². The lowest BCUT2D eigenvalue weighted by Gasteiger charge is -2.06. The van der Waals surface area contributed by atoms with Gasteiger partial charge in [0.1, 0.15) is 5.15 Å². The van der Waals surface area contributed by atoms with Crippen LogP contribution in [-0.4, -0.2) is 23.2 Å². The Morgan fingerprint density at radius 3 is 2.75 bits per heavy atom. The average molecular weight is 307 g/mol. The van der Waals surface area contributed by atoms with E-state index >= 15 is 0 Å². The molecule has 0 aliphatic heterocycles. The third-order valence-corrected chi connectivity index (χ3v) is 4.02. The fraction of sp³-hybridized carbons (Fsp3) is 0.200. The number of carbonyl (C=O) groups is 1. The van der Waals surface area contributed by atoms with Crippen LogP contribution in [0.4, 0.5) is 0 Å². The Labute approximate surface area is 127 Å². The minimum absolute atomic E-state index is 0.173. The second-order valence-corrected chi connectivity index (χ2v) is 5.64. The molecule has 104 valence electrons. The summed E-state index contributed by atoms with van der Waals surface area (Å²) < 4.78 is 0. The summed E-state index contributed by atoms with van der Waals surface area (Å²) in [5, 5.41) is 3.09. The molecule has 0 bridgehead atoms. The maximum Gasteiger partial charge on any atom is 0.254 e.